The minimum Gasteiger partial charge on any atom is -0.481 e. The maximum atomic E-state index is 10.9. The number of aliphatic carboxylic acids is 1. The van der Waals surface area contributed by atoms with Crippen molar-refractivity contribution in [3.63, 3.8) is 0 Å². The molecule has 0 atom stereocenters. The molecule has 0 saturated heterocycles. The summed E-state index contributed by atoms with van der Waals surface area (Å²) in [6, 6.07) is 1.29. The third kappa shape index (κ3) is 9.56. The zero-order valence-electron chi connectivity index (χ0n) is 13.5. The van der Waals surface area contributed by atoms with E-state index in [2.05, 4.69) is 20.0 Å². The second-order valence-corrected chi connectivity index (χ2v) is 19.1. The van der Waals surface area contributed by atoms with Gasteiger partial charge in [0.2, 0.25) is 0 Å². The van der Waals surface area contributed by atoms with Gasteiger partial charge >= 0.3 is 14.5 Å². The molecule has 0 bridgehead atoms. The van der Waals surface area contributed by atoms with E-state index in [-0.39, 0.29) is 6.04 Å². The number of unbranched alkanes of at least 4 members (excludes halogenated alkanes) is 1. The molecule has 0 spiro atoms. The van der Waals surface area contributed by atoms with E-state index in [0.29, 0.717) is 0 Å². The Hall–Kier alpha value is 0.0406. The van der Waals surface area contributed by atoms with Crippen LogP contribution < -0.4 is 0 Å². The average Bonchev–Trinajstić information content (AvgIpc) is 2.08. The van der Waals surface area contributed by atoms with Crippen molar-refractivity contribution in [1.29, 1.82) is 0 Å². The molecule has 114 valence electrons. The van der Waals surface area contributed by atoms with Crippen LogP contribution in [0.25, 0.3) is 0 Å². The molecule has 0 aliphatic rings. The Morgan fingerprint density at radius 1 is 1.00 bits per heavy atom. The quantitative estimate of drug-likeness (QED) is 0.651. The molecule has 0 saturated carbocycles. The number of carboxylic acid groups (broad SMARTS) is 1. The molecular formula is C12H30O4Si3. The first-order valence-electron chi connectivity index (χ1n) is 7.01. The highest BCUT2D eigenvalue weighted by Crippen LogP contribution is 2.25. The third-order valence-electron chi connectivity index (χ3n) is 2.75. The molecule has 0 aliphatic carbocycles. The van der Waals surface area contributed by atoms with Gasteiger partial charge in [-0.1, -0.05) is 19.8 Å². The van der Waals surface area contributed by atoms with Crippen LogP contribution in [0.1, 0.15) is 19.8 Å². The number of carboxylic acids is 1. The zero-order valence-corrected chi connectivity index (χ0v) is 16.5. The van der Waals surface area contributed by atoms with Crippen molar-refractivity contribution in [3.05, 3.63) is 0 Å². The van der Waals surface area contributed by atoms with Crippen molar-refractivity contribution in [2.45, 2.75) is 71.1 Å². The molecule has 0 aliphatic heterocycles. The van der Waals surface area contributed by atoms with Crippen molar-refractivity contribution in [1.82, 2.24) is 0 Å². The van der Waals surface area contributed by atoms with E-state index in [0.717, 1.165) is 6.04 Å². The Labute approximate surface area is 121 Å². The Morgan fingerprint density at radius 3 is 1.89 bits per heavy atom. The molecule has 0 heterocycles. The molecule has 0 aromatic rings. The SMILES string of the molecule is CCCC[Si](C)(C)O[Si](C)(C)O[Si](C)(C)CC(=O)O. The molecule has 0 aromatic carbocycles. The van der Waals surface area contributed by atoms with E-state index in [4.69, 9.17) is 13.3 Å². The Morgan fingerprint density at radius 2 is 1.47 bits per heavy atom. The van der Waals surface area contributed by atoms with Crippen molar-refractivity contribution < 1.29 is 18.1 Å². The summed E-state index contributed by atoms with van der Waals surface area (Å²) in [5.74, 6) is -0.774. The standard InChI is InChI=1S/C12H30O4Si3/c1-8-9-10-17(2,3)15-19(6,7)16-18(4,5)11-12(13)14/h8-11H2,1-7H3,(H,13,14). The normalized spacial score (nSPS) is 13.6. The zero-order chi connectivity index (χ0) is 15.3. The van der Waals surface area contributed by atoms with Crippen LogP contribution in [0.3, 0.4) is 0 Å². The highest BCUT2D eigenvalue weighted by Gasteiger charge is 2.40. The summed E-state index contributed by atoms with van der Waals surface area (Å²) in [5, 5.41) is 8.93. The van der Waals surface area contributed by atoms with Gasteiger partial charge in [-0.2, -0.15) is 0 Å². The molecule has 7 heteroatoms. The molecule has 0 amide bonds. The van der Waals surface area contributed by atoms with E-state index in [9.17, 15) is 4.79 Å². The van der Waals surface area contributed by atoms with E-state index in [1.165, 1.54) is 12.8 Å². The Kier molecular flexibility index (Phi) is 7.18. The molecule has 0 fully saturated rings. The largest absolute Gasteiger partial charge is 0.481 e. The fraction of sp³-hybridized carbons (Fsp3) is 0.917. The van der Waals surface area contributed by atoms with E-state index in [1.807, 2.05) is 26.2 Å². The van der Waals surface area contributed by atoms with Crippen LogP contribution in [-0.4, -0.2) is 36.3 Å². The third-order valence-corrected chi connectivity index (χ3v) is 13.8. The lowest BCUT2D eigenvalue weighted by atomic mass is 10.4. The summed E-state index contributed by atoms with van der Waals surface area (Å²) in [6.07, 6.45) is 2.38. The van der Waals surface area contributed by atoms with Crippen LogP contribution in [0.2, 0.25) is 51.4 Å². The van der Waals surface area contributed by atoms with Gasteiger partial charge in [0.15, 0.2) is 16.6 Å². The van der Waals surface area contributed by atoms with Crippen LogP contribution in [0.4, 0.5) is 0 Å². The lowest BCUT2D eigenvalue weighted by molar-refractivity contribution is -0.134. The number of hydrogen-bond acceptors (Lipinski definition) is 3. The van der Waals surface area contributed by atoms with Crippen LogP contribution in [0.15, 0.2) is 0 Å². The number of hydrogen-bond donors (Lipinski definition) is 1. The van der Waals surface area contributed by atoms with E-state index >= 15 is 0 Å². The van der Waals surface area contributed by atoms with Crippen molar-refractivity contribution in [3.8, 4) is 0 Å². The van der Waals surface area contributed by atoms with Crippen LogP contribution in [0.5, 0.6) is 0 Å². The Balaban J connectivity index is 4.57. The van der Waals surface area contributed by atoms with Gasteiger partial charge in [0.25, 0.3) is 0 Å². The van der Waals surface area contributed by atoms with Gasteiger partial charge in [0.05, 0.1) is 6.04 Å². The maximum absolute atomic E-state index is 10.9. The first kappa shape index (κ1) is 19.0. The summed E-state index contributed by atoms with van der Waals surface area (Å²) in [4.78, 5) is 10.9. The van der Waals surface area contributed by atoms with Crippen molar-refractivity contribution >= 4 is 31.2 Å². The number of rotatable bonds is 9. The summed E-state index contributed by atoms with van der Waals surface area (Å²) in [6.45, 7) is 14.7. The monoisotopic (exact) mass is 322 g/mol. The fourth-order valence-electron chi connectivity index (χ4n) is 2.41. The van der Waals surface area contributed by atoms with Gasteiger partial charge < -0.3 is 13.3 Å². The van der Waals surface area contributed by atoms with Crippen molar-refractivity contribution in [2.24, 2.45) is 0 Å². The van der Waals surface area contributed by atoms with Crippen LogP contribution >= 0.6 is 0 Å². The molecule has 0 rings (SSSR count). The molecule has 0 radical (unpaired) electrons. The van der Waals surface area contributed by atoms with Gasteiger partial charge in [0.1, 0.15) is 0 Å². The lowest BCUT2D eigenvalue weighted by Gasteiger charge is -2.38. The Bertz CT molecular complexity index is 303. The topological polar surface area (TPSA) is 55.8 Å². The second-order valence-electron chi connectivity index (χ2n) is 6.80. The molecule has 0 unspecified atom stereocenters. The highest BCUT2D eigenvalue weighted by molar-refractivity contribution is 6.88. The highest BCUT2D eigenvalue weighted by atomic mass is 28.5. The van der Waals surface area contributed by atoms with Gasteiger partial charge in [-0.15, -0.1) is 0 Å². The summed E-state index contributed by atoms with van der Waals surface area (Å²) < 4.78 is 12.5. The summed E-state index contributed by atoms with van der Waals surface area (Å²) >= 11 is 0. The minimum atomic E-state index is -2.23. The van der Waals surface area contributed by atoms with Crippen LogP contribution in [-0.2, 0) is 13.0 Å². The maximum Gasteiger partial charge on any atom is 0.311 e. The molecule has 1 N–H and O–H groups in total. The lowest BCUT2D eigenvalue weighted by Crippen LogP contribution is -2.52. The smallest absolute Gasteiger partial charge is 0.311 e. The number of carbonyl (C=O) groups is 1. The fourth-order valence-corrected chi connectivity index (χ4v) is 16.2. The van der Waals surface area contributed by atoms with E-state index < -0.39 is 31.2 Å². The molecule has 19 heavy (non-hydrogen) atoms. The van der Waals surface area contributed by atoms with Gasteiger partial charge in [0, 0.05) is 0 Å². The van der Waals surface area contributed by atoms with Crippen molar-refractivity contribution in [2.75, 3.05) is 0 Å². The second kappa shape index (κ2) is 7.16. The molecule has 0 aromatic heterocycles. The van der Waals surface area contributed by atoms with Gasteiger partial charge in [-0.25, -0.2) is 0 Å². The van der Waals surface area contributed by atoms with Gasteiger partial charge in [-0.05, 0) is 45.3 Å². The van der Waals surface area contributed by atoms with Crippen LogP contribution in [0, 0.1) is 0 Å². The summed E-state index contributed by atoms with van der Waals surface area (Å²) in [7, 11) is -6.09. The van der Waals surface area contributed by atoms with E-state index in [1.54, 1.807) is 0 Å². The predicted octanol–water partition coefficient (Wildman–Crippen LogP) is 4.02. The molecular weight excluding hydrogens is 292 g/mol. The average molecular weight is 323 g/mol. The minimum absolute atomic E-state index is 0.143. The summed E-state index contributed by atoms with van der Waals surface area (Å²) in [5.41, 5.74) is 0. The predicted molar refractivity (Wildman–Crippen MR) is 86.8 cm³/mol. The van der Waals surface area contributed by atoms with Gasteiger partial charge in [-0.3, -0.25) is 4.79 Å². The first-order chi connectivity index (χ1) is 8.39. The molecule has 4 nitrogen and oxygen atoms in total. The first-order valence-corrected chi connectivity index (χ1v) is 16.1.